The van der Waals surface area contributed by atoms with Gasteiger partial charge in [-0.25, -0.2) is 19.8 Å². The molecule has 0 unspecified atom stereocenters. The van der Waals surface area contributed by atoms with Gasteiger partial charge in [0.15, 0.2) is 15.1 Å². The van der Waals surface area contributed by atoms with Crippen LogP contribution in [0.2, 0.25) is 0 Å². The quantitative estimate of drug-likeness (QED) is 0.246. The fourth-order valence-electron chi connectivity index (χ4n) is 3.57. The molecule has 0 aliphatic carbocycles. The molecule has 8 nitrogen and oxygen atoms in total. The first kappa shape index (κ1) is 23.9. The van der Waals surface area contributed by atoms with E-state index < -0.39 is 12.0 Å². The van der Waals surface area contributed by atoms with Crippen molar-refractivity contribution < 1.29 is 13.9 Å². The van der Waals surface area contributed by atoms with Gasteiger partial charge in [0, 0.05) is 23.3 Å². The number of carbonyl (C=O) groups is 1. The lowest BCUT2D eigenvalue weighted by Gasteiger charge is -2.23. The van der Waals surface area contributed by atoms with E-state index in [9.17, 15) is 9.59 Å². The third kappa shape index (κ3) is 4.70. The van der Waals surface area contributed by atoms with Crippen LogP contribution in [0.1, 0.15) is 30.5 Å². The molecule has 4 aromatic heterocycles. The zero-order valence-electron chi connectivity index (χ0n) is 18.4. The number of hydrogen-bond donors (Lipinski definition) is 0. The molecule has 1 aliphatic heterocycles. The number of thiazole rings is 1. The summed E-state index contributed by atoms with van der Waals surface area (Å²) in [5.74, 6) is 0.0239. The Morgan fingerprint density at radius 3 is 2.86 bits per heavy atom. The fraction of sp³-hybridized carbons (Fsp3) is 0.174. The molecule has 0 amide bonds. The van der Waals surface area contributed by atoms with Crippen molar-refractivity contribution in [2.75, 3.05) is 6.61 Å². The van der Waals surface area contributed by atoms with Crippen molar-refractivity contribution in [3.8, 4) is 0 Å². The molecule has 0 spiro atoms. The van der Waals surface area contributed by atoms with Crippen LogP contribution in [0, 0.1) is 0 Å². The second kappa shape index (κ2) is 10.1. The third-order valence-electron chi connectivity index (χ3n) is 5.00. The third-order valence-corrected chi connectivity index (χ3v) is 8.64. The van der Waals surface area contributed by atoms with Gasteiger partial charge in [-0.2, -0.15) is 0 Å². The van der Waals surface area contributed by atoms with Crippen molar-refractivity contribution in [2.45, 2.75) is 30.1 Å². The van der Waals surface area contributed by atoms with E-state index in [1.165, 1.54) is 34.4 Å². The van der Waals surface area contributed by atoms with Crippen LogP contribution in [-0.2, 0) is 9.53 Å². The maximum atomic E-state index is 13.6. The predicted molar refractivity (Wildman–Crippen MR) is 137 cm³/mol. The first-order valence-corrected chi connectivity index (χ1v) is 13.7. The molecular weight excluding hydrogens is 572 g/mol. The Balaban J connectivity index is 1.59. The number of rotatable bonds is 6. The number of aromatic nitrogens is 3. The number of fused-ring (bicyclic) bond motifs is 1. The average Bonchev–Trinajstić information content (AvgIpc) is 3.55. The molecule has 0 N–H and O–H groups in total. The minimum Gasteiger partial charge on any atom is -0.463 e. The SMILES string of the molecule is CCOC(=O)C1=C(C)N=c2sc(=Cc3cc(Br)c(Sc4ncccn4)o3)c(=O)n2[C@@H]1c1cccs1. The molecule has 4 aromatic rings. The van der Waals surface area contributed by atoms with Gasteiger partial charge in [0.1, 0.15) is 11.8 Å². The lowest BCUT2D eigenvalue weighted by atomic mass is 10.0. The highest BCUT2D eigenvalue weighted by atomic mass is 79.9. The van der Waals surface area contributed by atoms with E-state index in [0.29, 0.717) is 36.6 Å². The van der Waals surface area contributed by atoms with Crippen LogP contribution in [-0.4, -0.2) is 27.1 Å². The molecule has 1 aliphatic rings. The Kier molecular flexibility index (Phi) is 6.87. The minimum atomic E-state index is -0.600. The van der Waals surface area contributed by atoms with Crippen molar-refractivity contribution in [3.63, 3.8) is 0 Å². The van der Waals surface area contributed by atoms with Crippen LogP contribution >= 0.6 is 50.4 Å². The van der Waals surface area contributed by atoms with Gasteiger partial charge in [0.25, 0.3) is 5.56 Å². The monoisotopic (exact) mass is 588 g/mol. The van der Waals surface area contributed by atoms with E-state index in [1.54, 1.807) is 49.0 Å². The van der Waals surface area contributed by atoms with Gasteiger partial charge in [0.2, 0.25) is 0 Å². The van der Waals surface area contributed by atoms with Crippen LogP contribution in [0.4, 0.5) is 0 Å². The first-order valence-electron chi connectivity index (χ1n) is 10.4. The maximum absolute atomic E-state index is 13.6. The molecule has 0 aromatic carbocycles. The number of halogens is 1. The Labute approximate surface area is 219 Å². The zero-order valence-corrected chi connectivity index (χ0v) is 22.5. The standard InChI is InChI=1S/C23H17BrN4O4S3/c1-3-31-20(30)17-12(2)27-23-28(18(17)15-6-4-9-33-15)19(29)16(34-23)11-13-10-14(24)21(32-13)35-22-25-7-5-8-26-22/h4-11,18H,3H2,1-2H3/t18-/m1/s1. The van der Waals surface area contributed by atoms with Gasteiger partial charge < -0.3 is 9.15 Å². The number of carbonyl (C=O) groups excluding carboxylic acids is 1. The van der Waals surface area contributed by atoms with E-state index in [1.807, 2.05) is 17.5 Å². The summed E-state index contributed by atoms with van der Waals surface area (Å²) in [4.78, 5) is 40.8. The first-order chi connectivity index (χ1) is 17.0. The highest BCUT2D eigenvalue weighted by Gasteiger charge is 2.33. The second-order valence-electron chi connectivity index (χ2n) is 7.24. The predicted octanol–water partition coefficient (Wildman–Crippen LogP) is 4.16. The van der Waals surface area contributed by atoms with E-state index in [4.69, 9.17) is 9.15 Å². The van der Waals surface area contributed by atoms with Crippen molar-refractivity contribution in [2.24, 2.45) is 4.99 Å². The number of furan rings is 1. The molecule has 0 saturated heterocycles. The number of allylic oxidation sites excluding steroid dienone is 1. The average molecular weight is 590 g/mol. The molecule has 178 valence electrons. The lowest BCUT2D eigenvalue weighted by Crippen LogP contribution is -2.39. The highest BCUT2D eigenvalue weighted by Crippen LogP contribution is 2.35. The number of thiophene rings is 1. The van der Waals surface area contributed by atoms with Gasteiger partial charge in [0.05, 0.1) is 26.9 Å². The van der Waals surface area contributed by atoms with E-state index in [0.717, 1.165) is 9.35 Å². The minimum absolute atomic E-state index is 0.235. The largest absolute Gasteiger partial charge is 0.463 e. The molecule has 0 fully saturated rings. The van der Waals surface area contributed by atoms with Crippen LogP contribution in [0.5, 0.6) is 0 Å². The van der Waals surface area contributed by atoms with Gasteiger partial charge >= 0.3 is 5.97 Å². The van der Waals surface area contributed by atoms with Gasteiger partial charge in [-0.1, -0.05) is 17.4 Å². The van der Waals surface area contributed by atoms with Gasteiger partial charge in [-0.05, 0) is 65.1 Å². The number of nitrogens with zero attached hydrogens (tertiary/aromatic N) is 4. The molecule has 12 heteroatoms. The van der Waals surface area contributed by atoms with E-state index >= 15 is 0 Å². The highest BCUT2D eigenvalue weighted by molar-refractivity contribution is 9.10. The summed E-state index contributed by atoms with van der Waals surface area (Å²) in [7, 11) is 0. The van der Waals surface area contributed by atoms with Crippen LogP contribution in [0.3, 0.4) is 0 Å². The number of ether oxygens (including phenoxy) is 1. The Morgan fingerprint density at radius 1 is 1.34 bits per heavy atom. The molecule has 0 saturated carbocycles. The van der Waals surface area contributed by atoms with Crippen LogP contribution in [0.15, 0.2) is 82.2 Å². The summed E-state index contributed by atoms with van der Waals surface area (Å²) in [6, 6.07) is 6.73. The molecular formula is C23H17BrN4O4S3. The summed E-state index contributed by atoms with van der Waals surface area (Å²) in [6.07, 6.45) is 4.99. The normalized spacial score (nSPS) is 15.7. The van der Waals surface area contributed by atoms with Crippen molar-refractivity contribution in [3.05, 3.63) is 88.1 Å². The molecule has 35 heavy (non-hydrogen) atoms. The summed E-state index contributed by atoms with van der Waals surface area (Å²) in [5, 5.41) is 3.04. The van der Waals surface area contributed by atoms with Crippen LogP contribution < -0.4 is 14.9 Å². The Bertz CT molecular complexity index is 1600. The van der Waals surface area contributed by atoms with Gasteiger partial charge in [-0.15, -0.1) is 11.3 Å². The molecule has 5 rings (SSSR count). The zero-order chi connectivity index (χ0) is 24.5. The van der Waals surface area contributed by atoms with Crippen LogP contribution in [0.25, 0.3) is 6.08 Å². The van der Waals surface area contributed by atoms with E-state index in [-0.39, 0.29) is 12.2 Å². The Morgan fingerprint density at radius 2 is 2.14 bits per heavy atom. The smallest absolute Gasteiger partial charge is 0.338 e. The maximum Gasteiger partial charge on any atom is 0.338 e. The van der Waals surface area contributed by atoms with Crippen molar-refractivity contribution in [1.29, 1.82) is 0 Å². The number of esters is 1. The lowest BCUT2D eigenvalue weighted by molar-refractivity contribution is -0.139. The molecule has 1 atom stereocenters. The molecule has 0 bridgehead atoms. The van der Waals surface area contributed by atoms with Crippen molar-refractivity contribution >= 4 is 62.4 Å². The van der Waals surface area contributed by atoms with Gasteiger partial charge in [-0.3, -0.25) is 9.36 Å². The summed E-state index contributed by atoms with van der Waals surface area (Å²) in [5.41, 5.74) is 0.655. The van der Waals surface area contributed by atoms with E-state index in [2.05, 4.69) is 30.9 Å². The topological polar surface area (TPSA) is 99.6 Å². The summed E-state index contributed by atoms with van der Waals surface area (Å²) in [6.45, 7) is 3.75. The molecule has 5 heterocycles. The fourth-order valence-corrected chi connectivity index (χ4v) is 6.65. The van der Waals surface area contributed by atoms with Crippen molar-refractivity contribution in [1.82, 2.24) is 14.5 Å². The molecule has 0 radical (unpaired) electrons. The summed E-state index contributed by atoms with van der Waals surface area (Å²) >= 11 is 7.50. The number of hydrogen-bond acceptors (Lipinski definition) is 10. The second-order valence-corrected chi connectivity index (χ2v) is 11.0. The summed E-state index contributed by atoms with van der Waals surface area (Å²) < 4.78 is 14.0. The Hall–Kier alpha value is -2.80.